The predicted molar refractivity (Wildman–Crippen MR) is 69.4 cm³/mol. The van der Waals surface area contributed by atoms with Crippen LogP contribution < -0.4 is 10.5 Å². The molecule has 0 bridgehead atoms. The first-order valence-corrected chi connectivity index (χ1v) is 5.53. The van der Waals surface area contributed by atoms with Crippen LogP contribution in [0, 0.1) is 0 Å². The van der Waals surface area contributed by atoms with Crippen molar-refractivity contribution in [1.82, 2.24) is 14.6 Å². The Balaban J connectivity index is 2.15. The molecule has 0 aliphatic rings. The summed E-state index contributed by atoms with van der Waals surface area (Å²) in [6.07, 6.45) is 3.52. The maximum atomic E-state index is 6.06. The van der Waals surface area contributed by atoms with E-state index in [2.05, 4.69) is 10.1 Å². The largest absolute Gasteiger partial charge is 0.497 e. The Bertz CT molecular complexity index is 688. The van der Waals surface area contributed by atoms with Gasteiger partial charge in [0.2, 0.25) is 0 Å². The predicted octanol–water partition coefficient (Wildman–Crippen LogP) is 1.99. The standard InChI is InChI=1S/C13H12N4O/c1-18-10-5-3-9(4-6-10)12-11(14)13-15-7-2-8-17(13)16-12/h2-8H,14H2,1H3. The molecule has 2 N–H and O–H groups in total. The van der Waals surface area contributed by atoms with Gasteiger partial charge < -0.3 is 10.5 Å². The molecule has 0 radical (unpaired) electrons. The van der Waals surface area contributed by atoms with Gasteiger partial charge in [0.15, 0.2) is 5.65 Å². The summed E-state index contributed by atoms with van der Waals surface area (Å²) in [5.41, 5.74) is 8.99. The molecule has 5 heteroatoms. The van der Waals surface area contributed by atoms with Gasteiger partial charge in [-0.25, -0.2) is 9.50 Å². The quantitative estimate of drug-likeness (QED) is 0.744. The number of ether oxygens (including phenoxy) is 1. The van der Waals surface area contributed by atoms with Crippen LogP contribution in [-0.4, -0.2) is 21.7 Å². The summed E-state index contributed by atoms with van der Waals surface area (Å²) in [4.78, 5) is 4.21. The lowest BCUT2D eigenvalue weighted by Gasteiger charge is -2.01. The number of rotatable bonds is 2. The maximum Gasteiger partial charge on any atom is 0.178 e. The van der Waals surface area contributed by atoms with Gasteiger partial charge >= 0.3 is 0 Å². The molecule has 0 unspecified atom stereocenters. The number of hydrogen-bond donors (Lipinski definition) is 1. The third-order valence-corrected chi connectivity index (χ3v) is 2.79. The molecule has 18 heavy (non-hydrogen) atoms. The SMILES string of the molecule is COc1ccc(-c2nn3cccnc3c2N)cc1. The van der Waals surface area contributed by atoms with Gasteiger partial charge in [0.05, 0.1) is 7.11 Å². The molecule has 0 atom stereocenters. The molecule has 1 aromatic carbocycles. The second-order valence-electron chi connectivity index (χ2n) is 3.88. The van der Waals surface area contributed by atoms with Crippen LogP contribution in [-0.2, 0) is 0 Å². The van der Waals surface area contributed by atoms with Gasteiger partial charge in [0.1, 0.15) is 17.1 Å². The van der Waals surface area contributed by atoms with E-state index in [9.17, 15) is 0 Å². The van der Waals surface area contributed by atoms with Crippen LogP contribution in [0.25, 0.3) is 16.9 Å². The summed E-state index contributed by atoms with van der Waals surface area (Å²) in [7, 11) is 1.64. The average Bonchev–Trinajstić information content (AvgIpc) is 2.77. The number of nitrogen functional groups attached to an aromatic ring is 1. The Labute approximate surface area is 104 Å². The van der Waals surface area contributed by atoms with E-state index >= 15 is 0 Å². The smallest absolute Gasteiger partial charge is 0.178 e. The van der Waals surface area contributed by atoms with Gasteiger partial charge in [0.25, 0.3) is 0 Å². The van der Waals surface area contributed by atoms with Crippen molar-refractivity contribution in [3.8, 4) is 17.0 Å². The third kappa shape index (κ3) is 1.57. The van der Waals surface area contributed by atoms with Crippen LogP contribution in [0.3, 0.4) is 0 Å². The number of anilines is 1. The van der Waals surface area contributed by atoms with Crippen LogP contribution in [0.15, 0.2) is 42.7 Å². The van der Waals surface area contributed by atoms with Crippen molar-refractivity contribution >= 4 is 11.3 Å². The van der Waals surface area contributed by atoms with E-state index in [-0.39, 0.29) is 0 Å². The molecule has 0 saturated heterocycles. The van der Waals surface area contributed by atoms with E-state index in [4.69, 9.17) is 10.5 Å². The molecule has 2 aromatic heterocycles. The number of nitrogens with zero attached hydrogens (tertiary/aromatic N) is 3. The van der Waals surface area contributed by atoms with Crippen LogP contribution in [0.5, 0.6) is 5.75 Å². The van der Waals surface area contributed by atoms with Crippen molar-refractivity contribution < 1.29 is 4.74 Å². The van der Waals surface area contributed by atoms with Gasteiger partial charge in [-0.05, 0) is 30.3 Å². The first kappa shape index (κ1) is 10.6. The summed E-state index contributed by atoms with van der Waals surface area (Å²) < 4.78 is 6.80. The minimum Gasteiger partial charge on any atom is -0.497 e. The summed E-state index contributed by atoms with van der Waals surface area (Å²) in [5.74, 6) is 0.805. The fourth-order valence-corrected chi connectivity index (χ4v) is 1.87. The molecule has 0 aliphatic carbocycles. The van der Waals surface area contributed by atoms with E-state index in [0.29, 0.717) is 11.3 Å². The van der Waals surface area contributed by atoms with E-state index in [1.165, 1.54) is 0 Å². The highest BCUT2D eigenvalue weighted by molar-refractivity contribution is 5.82. The first-order valence-electron chi connectivity index (χ1n) is 5.53. The molecular formula is C13H12N4O. The fourth-order valence-electron chi connectivity index (χ4n) is 1.87. The number of nitrogens with two attached hydrogens (primary N) is 1. The third-order valence-electron chi connectivity index (χ3n) is 2.79. The Morgan fingerprint density at radius 2 is 2.00 bits per heavy atom. The Kier molecular flexibility index (Phi) is 2.37. The minimum absolute atomic E-state index is 0.584. The van der Waals surface area contributed by atoms with E-state index < -0.39 is 0 Å². The zero-order valence-electron chi connectivity index (χ0n) is 9.87. The molecule has 2 heterocycles. The molecule has 5 nitrogen and oxygen atoms in total. The zero-order valence-corrected chi connectivity index (χ0v) is 9.87. The van der Waals surface area contributed by atoms with Crippen LogP contribution in [0.2, 0.25) is 0 Å². The Hall–Kier alpha value is -2.56. The van der Waals surface area contributed by atoms with Crippen molar-refractivity contribution in [1.29, 1.82) is 0 Å². The second-order valence-corrected chi connectivity index (χ2v) is 3.88. The molecule has 0 aliphatic heterocycles. The molecule has 0 amide bonds. The topological polar surface area (TPSA) is 65.4 Å². The summed E-state index contributed by atoms with van der Waals surface area (Å²) >= 11 is 0. The Morgan fingerprint density at radius 3 is 2.67 bits per heavy atom. The van der Waals surface area contributed by atoms with Crippen molar-refractivity contribution in [3.63, 3.8) is 0 Å². The van der Waals surface area contributed by atoms with E-state index in [1.807, 2.05) is 36.5 Å². The number of hydrogen-bond acceptors (Lipinski definition) is 4. The van der Waals surface area contributed by atoms with Gasteiger partial charge in [-0.15, -0.1) is 0 Å². The van der Waals surface area contributed by atoms with E-state index in [1.54, 1.807) is 17.8 Å². The van der Waals surface area contributed by atoms with Crippen LogP contribution in [0.1, 0.15) is 0 Å². The first-order chi connectivity index (χ1) is 8.79. The lowest BCUT2D eigenvalue weighted by molar-refractivity contribution is 0.415. The average molecular weight is 240 g/mol. The molecule has 3 rings (SSSR count). The molecule has 3 aromatic rings. The number of aromatic nitrogens is 3. The minimum atomic E-state index is 0.584. The fraction of sp³-hybridized carbons (Fsp3) is 0.0769. The van der Waals surface area contributed by atoms with Crippen molar-refractivity contribution in [3.05, 3.63) is 42.7 Å². The van der Waals surface area contributed by atoms with Crippen LogP contribution >= 0.6 is 0 Å². The second kappa shape index (κ2) is 4.03. The Morgan fingerprint density at radius 1 is 1.22 bits per heavy atom. The van der Waals surface area contributed by atoms with Crippen molar-refractivity contribution in [2.45, 2.75) is 0 Å². The monoisotopic (exact) mass is 240 g/mol. The highest BCUT2D eigenvalue weighted by atomic mass is 16.5. The molecule has 0 fully saturated rings. The molecule has 0 saturated carbocycles. The number of benzene rings is 1. The van der Waals surface area contributed by atoms with Crippen molar-refractivity contribution in [2.24, 2.45) is 0 Å². The lowest BCUT2D eigenvalue weighted by Crippen LogP contribution is -1.89. The normalized spacial score (nSPS) is 10.7. The molecule has 90 valence electrons. The molecular weight excluding hydrogens is 228 g/mol. The maximum absolute atomic E-state index is 6.06. The zero-order chi connectivity index (χ0) is 12.5. The summed E-state index contributed by atoms with van der Waals surface area (Å²) in [5, 5.41) is 4.43. The summed E-state index contributed by atoms with van der Waals surface area (Å²) in [6.45, 7) is 0. The lowest BCUT2D eigenvalue weighted by atomic mass is 10.1. The van der Waals surface area contributed by atoms with Crippen LogP contribution in [0.4, 0.5) is 5.69 Å². The highest BCUT2D eigenvalue weighted by Crippen LogP contribution is 2.28. The highest BCUT2D eigenvalue weighted by Gasteiger charge is 2.12. The summed E-state index contributed by atoms with van der Waals surface area (Å²) in [6, 6.07) is 9.43. The molecule has 0 spiro atoms. The van der Waals surface area contributed by atoms with Crippen molar-refractivity contribution in [2.75, 3.05) is 12.8 Å². The number of fused-ring (bicyclic) bond motifs is 1. The van der Waals surface area contributed by atoms with Gasteiger partial charge in [0, 0.05) is 18.0 Å². The van der Waals surface area contributed by atoms with Gasteiger partial charge in [-0.2, -0.15) is 5.10 Å². The van der Waals surface area contributed by atoms with E-state index in [0.717, 1.165) is 17.0 Å². The van der Waals surface area contributed by atoms with Gasteiger partial charge in [-0.3, -0.25) is 0 Å². The number of methoxy groups -OCH3 is 1. The van der Waals surface area contributed by atoms with Gasteiger partial charge in [-0.1, -0.05) is 0 Å².